The molecule has 1 heterocycles. The Morgan fingerprint density at radius 3 is 2.50 bits per heavy atom. The Kier molecular flexibility index (Phi) is 4.59. The maximum Gasteiger partial charge on any atom is 0.276 e. The number of aryl methyl sites for hydroxylation is 1. The molecular weight excluding hydrogens is 311 g/mol. The summed E-state index contributed by atoms with van der Waals surface area (Å²) in [5, 5.41) is 9.59. The standard InChI is InChI=1S/C17H19FN4O2/c1-22-15(20-16(23)11-4-2-3-5-11)10-14(21-22)17(24)19-13-8-6-12(18)7-9-13/h6-11H,2-5H2,1H3,(H,19,24)(H,20,23). The van der Waals surface area contributed by atoms with E-state index in [4.69, 9.17) is 0 Å². The highest BCUT2D eigenvalue weighted by Crippen LogP contribution is 2.26. The molecule has 1 fully saturated rings. The maximum absolute atomic E-state index is 12.9. The molecule has 3 rings (SSSR count). The first-order valence-electron chi connectivity index (χ1n) is 7.95. The van der Waals surface area contributed by atoms with Gasteiger partial charge in [0.15, 0.2) is 5.69 Å². The largest absolute Gasteiger partial charge is 0.321 e. The number of hydrogen-bond acceptors (Lipinski definition) is 3. The van der Waals surface area contributed by atoms with Crippen LogP contribution < -0.4 is 10.6 Å². The van der Waals surface area contributed by atoms with Crippen molar-refractivity contribution in [2.24, 2.45) is 13.0 Å². The van der Waals surface area contributed by atoms with E-state index in [1.807, 2.05) is 0 Å². The van der Waals surface area contributed by atoms with Gasteiger partial charge in [-0.1, -0.05) is 12.8 Å². The molecule has 2 aromatic rings. The second kappa shape index (κ2) is 6.82. The highest BCUT2D eigenvalue weighted by molar-refractivity contribution is 6.04. The second-order valence-corrected chi connectivity index (χ2v) is 5.97. The zero-order valence-corrected chi connectivity index (χ0v) is 13.4. The fourth-order valence-corrected chi connectivity index (χ4v) is 2.84. The monoisotopic (exact) mass is 330 g/mol. The molecule has 6 nitrogen and oxygen atoms in total. The lowest BCUT2D eigenvalue weighted by Gasteiger charge is -2.09. The Morgan fingerprint density at radius 1 is 1.17 bits per heavy atom. The summed E-state index contributed by atoms with van der Waals surface area (Å²) in [4.78, 5) is 24.4. The van der Waals surface area contributed by atoms with Crippen molar-refractivity contribution in [1.29, 1.82) is 0 Å². The number of benzene rings is 1. The van der Waals surface area contributed by atoms with Crippen molar-refractivity contribution >= 4 is 23.3 Å². The second-order valence-electron chi connectivity index (χ2n) is 5.97. The summed E-state index contributed by atoms with van der Waals surface area (Å²) in [5.74, 6) is -0.296. The summed E-state index contributed by atoms with van der Waals surface area (Å²) in [5.41, 5.74) is 0.659. The van der Waals surface area contributed by atoms with E-state index in [1.165, 1.54) is 35.0 Å². The van der Waals surface area contributed by atoms with Crippen LogP contribution in [0.4, 0.5) is 15.9 Å². The van der Waals surface area contributed by atoms with Gasteiger partial charge in [0.1, 0.15) is 11.6 Å². The third-order valence-corrected chi connectivity index (χ3v) is 4.19. The van der Waals surface area contributed by atoms with Crippen LogP contribution in [0.15, 0.2) is 30.3 Å². The van der Waals surface area contributed by atoms with Gasteiger partial charge in [-0.3, -0.25) is 14.3 Å². The van der Waals surface area contributed by atoms with Crippen molar-refractivity contribution in [2.75, 3.05) is 10.6 Å². The summed E-state index contributed by atoms with van der Waals surface area (Å²) in [7, 11) is 1.67. The Hall–Kier alpha value is -2.70. The molecule has 1 aliphatic carbocycles. The third-order valence-electron chi connectivity index (χ3n) is 4.19. The fraction of sp³-hybridized carbons (Fsp3) is 0.353. The first-order chi connectivity index (χ1) is 11.5. The van der Waals surface area contributed by atoms with Crippen LogP contribution in [0.5, 0.6) is 0 Å². The van der Waals surface area contributed by atoms with Crippen LogP contribution >= 0.6 is 0 Å². The lowest BCUT2D eigenvalue weighted by molar-refractivity contribution is -0.119. The smallest absolute Gasteiger partial charge is 0.276 e. The first kappa shape index (κ1) is 16.2. The van der Waals surface area contributed by atoms with E-state index < -0.39 is 5.91 Å². The molecule has 1 aromatic heterocycles. The average molecular weight is 330 g/mol. The minimum absolute atomic E-state index is 0.0269. The van der Waals surface area contributed by atoms with E-state index >= 15 is 0 Å². The lowest BCUT2D eigenvalue weighted by Crippen LogP contribution is -2.21. The topological polar surface area (TPSA) is 76.0 Å². The predicted molar refractivity (Wildman–Crippen MR) is 88.1 cm³/mol. The van der Waals surface area contributed by atoms with Gasteiger partial charge in [-0.2, -0.15) is 5.10 Å². The average Bonchev–Trinajstić information content (AvgIpc) is 3.20. The van der Waals surface area contributed by atoms with Gasteiger partial charge in [0.25, 0.3) is 5.91 Å². The van der Waals surface area contributed by atoms with E-state index in [-0.39, 0.29) is 23.3 Å². The molecule has 2 amide bonds. The van der Waals surface area contributed by atoms with Crippen LogP contribution in [0.3, 0.4) is 0 Å². The zero-order valence-electron chi connectivity index (χ0n) is 13.4. The van der Waals surface area contributed by atoms with Gasteiger partial charge in [0.05, 0.1) is 0 Å². The number of carbonyl (C=O) groups excluding carboxylic acids is 2. The first-order valence-corrected chi connectivity index (χ1v) is 7.95. The summed E-state index contributed by atoms with van der Waals surface area (Å²) < 4.78 is 14.3. The van der Waals surface area contributed by atoms with Gasteiger partial charge in [-0.15, -0.1) is 0 Å². The number of halogens is 1. The van der Waals surface area contributed by atoms with Crippen molar-refractivity contribution in [3.05, 3.63) is 41.8 Å². The summed E-state index contributed by atoms with van der Waals surface area (Å²) in [6.07, 6.45) is 3.97. The minimum atomic E-state index is -0.418. The molecule has 1 aromatic carbocycles. The van der Waals surface area contributed by atoms with Crippen molar-refractivity contribution in [3.8, 4) is 0 Å². The van der Waals surface area contributed by atoms with Gasteiger partial charge < -0.3 is 10.6 Å². The number of nitrogens with one attached hydrogen (secondary N) is 2. The van der Waals surface area contributed by atoms with Crippen molar-refractivity contribution in [1.82, 2.24) is 9.78 Å². The van der Waals surface area contributed by atoms with Crippen molar-refractivity contribution in [3.63, 3.8) is 0 Å². The fourth-order valence-electron chi connectivity index (χ4n) is 2.84. The van der Waals surface area contributed by atoms with Gasteiger partial charge in [-0.25, -0.2) is 4.39 Å². The van der Waals surface area contributed by atoms with Gasteiger partial charge in [0.2, 0.25) is 5.91 Å². The molecule has 0 atom stereocenters. The molecule has 126 valence electrons. The molecule has 1 saturated carbocycles. The molecule has 0 spiro atoms. The SMILES string of the molecule is Cn1nc(C(=O)Nc2ccc(F)cc2)cc1NC(=O)C1CCCC1. The summed E-state index contributed by atoms with van der Waals surface area (Å²) >= 11 is 0. The Bertz CT molecular complexity index is 748. The van der Waals surface area contributed by atoms with Crippen LogP contribution in [0.1, 0.15) is 36.2 Å². The highest BCUT2D eigenvalue weighted by atomic mass is 19.1. The molecule has 24 heavy (non-hydrogen) atoms. The van der Waals surface area contributed by atoms with E-state index in [0.29, 0.717) is 11.5 Å². The van der Waals surface area contributed by atoms with Crippen LogP contribution in [-0.2, 0) is 11.8 Å². The van der Waals surface area contributed by atoms with Gasteiger partial charge >= 0.3 is 0 Å². The van der Waals surface area contributed by atoms with Gasteiger partial charge in [-0.05, 0) is 37.1 Å². The molecular formula is C17H19FN4O2. The van der Waals surface area contributed by atoms with E-state index in [2.05, 4.69) is 15.7 Å². The zero-order chi connectivity index (χ0) is 17.1. The number of carbonyl (C=O) groups is 2. The molecule has 1 aliphatic rings. The third kappa shape index (κ3) is 3.61. The van der Waals surface area contributed by atoms with Crippen LogP contribution in [0, 0.1) is 11.7 Å². The Morgan fingerprint density at radius 2 is 1.83 bits per heavy atom. The molecule has 7 heteroatoms. The molecule has 0 unspecified atom stereocenters. The lowest BCUT2D eigenvalue weighted by atomic mass is 10.1. The Labute approximate surface area is 139 Å². The number of hydrogen-bond donors (Lipinski definition) is 2. The normalized spacial score (nSPS) is 14.6. The van der Waals surface area contributed by atoms with Crippen LogP contribution in [0.2, 0.25) is 0 Å². The van der Waals surface area contributed by atoms with Crippen molar-refractivity contribution in [2.45, 2.75) is 25.7 Å². The quantitative estimate of drug-likeness (QED) is 0.905. The summed E-state index contributed by atoms with van der Waals surface area (Å²) in [6.45, 7) is 0. The number of rotatable bonds is 4. The maximum atomic E-state index is 12.9. The summed E-state index contributed by atoms with van der Waals surface area (Å²) in [6, 6.07) is 7.01. The predicted octanol–water partition coefficient (Wildman–Crippen LogP) is 2.94. The van der Waals surface area contributed by atoms with Crippen molar-refractivity contribution < 1.29 is 14.0 Å². The van der Waals surface area contributed by atoms with Crippen LogP contribution in [-0.4, -0.2) is 21.6 Å². The minimum Gasteiger partial charge on any atom is -0.321 e. The number of aromatic nitrogens is 2. The highest BCUT2D eigenvalue weighted by Gasteiger charge is 2.24. The number of amides is 2. The van der Waals surface area contributed by atoms with E-state index in [1.54, 1.807) is 7.05 Å². The van der Waals surface area contributed by atoms with Gasteiger partial charge in [0, 0.05) is 24.7 Å². The van der Waals surface area contributed by atoms with E-state index in [0.717, 1.165) is 25.7 Å². The molecule has 0 bridgehead atoms. The Balaban J connectivity index is 1.67. The molecule has 0 radical (unpaired) electrons. The number of anilines is 2. The van der Waals surface area contributed by atoms with E-state index in [9.17, 15) is 14.0 Å². The van der Waals surface area contributed by atoms with Crippen LogP contribution in [0.25, 0.3) is 0 Å². The molecule has 2 N–H and O–H groups in total. The molecule has 0 saturated heterocycles. The molecule has 0 aliphatic heterocycles. The number of nitrogens with zero attached hydrogens (tertiary/aromatic N) is 2.